The van der Waals surface area contributed by atoms with E-state index in [-0.39, 0.29) is 23.4 Å². The molecular formula is C28H27F3N2O5S. The van der Waals surface area contributed by atoms with Crippen molar-refractivity contribution < 1.29 is 36.2 Å². The van der Waals surface area contributed by atoms with Gasteiger partial charge in [0.05, 0.1) is 11.1 Å². The minimum absolute atomic E-state index is 0.0592. The molecule has 1 aromatic heterocycles. The van der Waals surface area contributed by atoms with Gasteiger partial charge in [-0.3, -0.25) is 4.72 Å². The summed E-state index contributed by atoms with van der Waals surface area (Å²) in [4.78, 5) is 16.4. The van der Waals surface area contributed by atoms with Crippen LogP contribution in [-0.4, -0.2) is 30.6 Å². The molecule has 3 aromatic rings. The molecule has 1 aliphatic rings. The highest BCUT2D eigenvalue weighted by Gasteiger charge is 2.34. The predicted molar refractivity (Wildman–Crippen MR) is 138 cm³/mol. The van der Waals surface area contributed by atoms with Crippen molar-refractivity contribution in [3.05, 3.63) is 101 Å². The SMILES string of the molecule is CCC(C1=C(O)CC(CCc2ccccc2)OC1=O)c1cccc(NS(=O)(=O)c2ccc(C(F)(F)F)cn2)c1. The molecule has 0 aliphatic carbocycles. The number of anilines is 1. The number of aliphatic hydroxyl groups is 1. The average Bonchev–Trinajstić information content (AvgIpc) is 2.89. The number of ether oxygens (including phenoxy) is 1. The van der Waals surface area contributed by atoms with Crippen molar-refractivity contribution in [3.63, 3.8) is 0 Å². The minimum atomic E-state index is -4.64. The number of halogens is 3. The first-order chi connectivity index (χ1) is 18.5. The van der Waals surface area contributed by atoms with E-state index in [1.54, 1.807) is 12.1 Å². The second kappa shape index (κ2) is 11.5. The first-order valence-electron chi connectivity index (χ1n) is 12.3. The van der Waals surface area contributed by atoms with Gasteiger partial charge in [-0.15, -0.1) is 0 Å². The van der Waals surface area contributed by atoms with Crippen LogP contribution in [0.5, 0.6) is 0 Å². The number of rotatable bonds is 9. The lowest BCUT2D eigenvalue weighted by molar-refractivity contribution is -0.147. The summed E-state index contributed by atoms with van der Waals surface area (Å²) in [6, 6.07) is 17.4. The van der Waals surface area contributed by atoms with Crippen LogP contribution in [0.1, 0.15) is 48.8 Å². The first-order valence-corrected chi connectivity index (χ1v) is 13.8. The van der Waals surface area contributed by atoms with Crippen LogP contribution in [0.25, 0.3) is 0 Å². The van der Waals surface area contributed by atoms with E-state index in [0.29, 0.717) is 37.1 Å². The highest BCUT2D eigenvalue weighted by atomic mass is 32.2. The largest absolute Gasteiger partial charge is 0.512 e. The molecule has 2 unspecified atom stereocenters. The van der Waals surface area contributed by atoms with Gasteiger partial charge in [0.2, 0.25) is 0 Å². The molecule has 2 aromatic carbocycles. The fourth-order valence-corrected chi connectivity index (χ4v) is 5.50. The molecule has 39 heavy (non-hydrogen) atoms. The van der Waals surface area contributed by atoms with Gasteiger partial charge in [0, 0.05) is 24.2 Å². The molecule has 0 fully saturated rings. The second-order valence-corrected chi connectivity index (χ2v) is 10.8. The third-order valence-electron chi connectivity index (χ3n) is 6.46. The Morgan fingerprint density at radius 1 is 1.10 bits per heavy atom. The van der Waals surface area contributed by atoms with Crippen LogP contribution in [0.2, 0.25) is 0 Å². The minimum Gasteiger partial charge on any atom is -0.512 e. The summed E-state index contributed by atoms with van der Waals surface area (Å²) in [6.45, 7) is 1.82. The van der Waals surface area contributed by atoms with Gasteiger partial charge in [-0.1, -0.05) is 49.4 Å². The molecule has 0 radical (unpaired) electrons. The van der Waals surface area contributed by atoms with Gasteiger partial charge >= 0.3 is 12.1 Å². The highest BCUT2D eigenvalue weighted by Crippen LogP contribution is 2.36. The van der Waals surface area contributed by atoms with Crippen molar-refractivity contribution >= 4 is 21.7 Å². The van der Waals surface area contributed by atoms with E-state index >= 15 is 0 Å². The van der Waals surface area contributed by atoms with E-state index < -0.39 is 44.8 Å². The molecule has 0 bridgehead atoms. The van der Waals surface area contributed by atoms with Crippen molar-refractivity contribution in [3.8, 4) is 0 Å². The Labute approximate surface area is 224 Å². The normalized spacial score (nSPS) is 17.0. The second-order valence-electron chi connectivity index (χ2n) is 9.19. The number of nitrogens with zero attached hydrogens (tertiary/aromatic N) is 1. The van der Waals surface area contributed by atoms with Crippen molar-refractivity contribution in [1.29, 1.82) is 0 Å². The number of pyridine rings is 1. The van der Waals surface area contributed by atoms with Crippen LogP contribution in [0.4, 0.5) is 18.9 Å². The quantitative estimate of drug-likeness (QED) is 0.304. The Bertz CT molecular complexity index is 1460. The molecule has 2 heterocycles. The number of esters is 1. The molecule has 206 valence electrons. The number of cyclic esters (lactones) is 1. The van der Waals surface area contributed by atoms with Crippen molar-refractivity contribution in [2.24, 2.45) is 0 Å². The maximum atomic E-state index is 13.0. The lowest BCUT2D eigenvalue weighted by Crippen LogP contribution is -2.29. The summed E-state index contributed by atoms with van der Waals surface area (Å²) in [5, 5.41) is 10.3. The van der Waals surface area contributed by atoms with Crippen molar-refractivity contribution in [2.75, 3.05) is 4.72 Å². The molecule has 2 N–H and O–H groups in total. The maximum absolute atomic E-state index is 13.0. The fraction of sp³-hybridized carbons (Fsp3) is 0.286. The fourth-order valence-electron chi connectivity index (χ4n) is 4.52. The molecule has 7 nitrogen and oxygen atoms in total. The van der Waals surface area contributed by atoms with E-state index in [1.807, 2.05) is 37.3 Å². The lowest BCUT2D eigenvalue weighted by atomic mass is 9.85. The number of hydrogen-bond acceptors (Lipinski definition) is 6. The van der Waals surface area contributed by atoms with Crippen LogP contribution < -0.4 is 4.72 Å². The van der Waals surface area contributed by atoms with E-state index in [4.69, 9.17) is 4.74 Å². The number of carbonyl (C=O) groups excluding carboxylic acids is 1. The standard InChI is InChI=1S/C28H27F3N2O5S/c1-2-23(26-24(34)16-22(38-27(26)35)13-11-18-7-4-3-5-8-18)19-9-6-10-21(15-19)33-39(36,37)25-14-12-20(17-32-25)28(29,30)31/h3-10,12,14-15,17,22-23,33-34H,2,11,13,16H2,1H3. The van der Waals surface area contributed by atoms with E-state index in [1.165, 1.54) is 12.1 Å². The summed E-state index contributed by atoms with van der Waals surface area (Å²) in [5.74, 6) is -1.25. The number of sulfonamides is 1. The molecule has 0 saturated carbocycles. The average molecular weight is 561 g/mol. The molecule has 0 amide bonds. The molecule has 0 spiro atoms. The van der Waals surface area contributed by atoms with E-state index in [2.05, 4.69) is 9.71 Å². The van der Waals surface area contributed by atoms with Gasteiger partial charge in [0.25, 0.3) is 10.0 Å². The number of alkyl halides is 3. The van der Waals surface area contributed by atoms with Crippen LogP contribution >= 0.6 is 0 Å². The predicted octanol–water partition coefficient (Wildman–Crippen LogP) is 6.16. The monoisotopic (exact) mass is 560 g/mol. The number of carbonyl (C=O) groups is 1. The highest BCUT2D eigenvalue weighted by molar-refractivity contribution is 7.92. The smallest absolute Gasteiger partial charge is 0.417 e. The summed E-state index contributed by atoms with van der Waals surface area (Å²) in [7, 11) is -4.29. The lowest BCUT2D eigenvalue weighted by Gasteiger charge is -2.28. The van der Waals surface area contributed by atoms with E-state index in [0.717, 1.165) is 11.6 Å². The van der Waals surface area contributed by atoms with Crippen LogP contribution in [-0.2, 0) is 32.2 Å². The first kappa shape index (κ1) is 28.2. The maximum Gasteiger partial charge on any atom is 0.417 e. The number of aliphatic hydroxyl groups excluding tert-OH is 1. The molecule has 2 atom stereocenters. The number of aromatic nitrogens is 1. The van der Waals surface area contributed by atoms with Crippen LogP contribution in [0.3, 0.4) is 0 Å². The Morgan fingerprint density at radius 2 is 1.85 bits per heavy atom. The van der Waals surface area contributed by atoms with Gasteiger partial charge in [0.1, 0.15) is 11.9 Å². The topological polar surface area (TPSA) is 106 Å². The molecule has 4 rings (SSSR count). The van der Waals surface area contributed by atoms with Gasteiger partial charge < -0.3 is 9.84 Å². The zero-order valence-corrected chi connectivity index (χ0v) is 21.8. The Hall–Kier alpha value is -3.86. The van der Waals surface area contributed by atoms with Crippen molar-refractivity contribution in [2.45, 2.75) is 55.8 Å². The van der Waals surface area contributed by atoms with Gasteiger partial charge in [-0.25, -0.2) is 9.78 Å². The Kier molecular flexibility index (Phi) is 8.29. The summed E-state index contributed by atoms with van der Waals surface area (Å²) in [5.41, 5.74) is 0.832. The summed E-state index contributed by atoms with van der Waals surface area (Å²) >= 11 is 0. The summed E-state index contributed by atoms with van der Waals surface area (Å²) < 4.78 is 71.8. The van der Waals surface area contributed by atoms with Crippen LogP contribution in [0.15, 0.2) is 89.3 Å². The number of nitrogens with one attached hydrogen (secondary N) is 1. The molecular weight excluding hydrogens is 533 g/mol. The molecule has 11 heteroatoms. The Balaban J connectivity index is 1.50. The molecule has 1 aliphatic heterocycles. The Morgan fingerprint density at radius 3 is 2.46 bits per heavy atom. The van der Waals surface area contributed by atoms with Gasteiger partial charge in [-0.05, 0) is 54.7 Å². The van der Waals surface area contributed by atoms with Crippen molar-refractivity contribution in [1.82, 2.24) is 4.98 Å². The van der Waals surface area contributed by atoms with Gasteiger partial charge in [-0.2, -0.15) is 21.6 Å². The third-order valence-corrected chi connectivity index (χ3v) is 7.76. The third kappa shape index (κ3) is 6.78. The molecule has 0 saturated heterocycles. The number of benzene rings is 2. The number of hydrogen-bond donors (Lipinski definition) is 2. The van der Waals surface area contributed by atoms with Gasteiger partial charge in [0.15, 0.2) is 5.03 Å². The zero-order chi connectivity index (χ0) is 28.2. The van der Waals surface area contributed by atoms with Crippen LogP contribution in [0, 0.1) is 0 Å². The number of aryl methyl sites for hydroxylation is 1. The zero-order valence-electron chi connectivity index (χ0n) is 21.0. The summed E-state index contributed by atoms with van der Waals surface area (Å²) in [6.07, 6.45) is -2.82. The van der Waals surface area contributed by atoms with E-state index in [9.17, 15) is 31.5 Å².